The summed E-state index contributed by atoms with van der Waals surface area (Å²) in [5, 5.41) is 9.65. The van der Waals surface area contributed by atoms with Crippen LogP contribution in [-0.2, 0) is 0 Å². The second-order valence-electron chi connectivity index (χ2n) is 2.56. The summed E-state index contributed by atoms with van der Waals surface area (Å²) in [6.45, 7) is 1.77. The molecule has 0 aliphatic rings. The van der Waals surface area contributed by atoms with Gasteiger partial charge in [0.1, 0.15) is 5.82 Å². The van der Waals surface area contributed by atoms with Gasteiger partial charge < -0.3 is 5.11 Å². The first kappa shape index (κ1) is 9.49. The molecular weight excluding hydrogens is 179 g/mol. The number of aliphatic hydroxyl groups excluding tert-OH is 1. The van der Waals surface area contributed by atoms with Crippen molar-refractivity contribution in [3.8, 4) is 0 Å². The van der Waals surface area contributed by atoms with Gasteiger partial charge in [-0.2, -0.15) is 0 Å². The molecule has 0 bridgehead atoms. The summed E-state index contributed by atoms with van der Waals surface area (Å²) in [6.07, 6.45) is -0.348. The lowest BCUT2D eigenvalue weighted by Crippen LogP contribution is -1.99. The summed E-state index contributed by atoms with van der Waals surface area (Å²) in [6, 6.07) is 4.38. The highest BCUT2D eigenvalue weighted by atomic mass is 35.5. The van der Waals surface area contributed by atoms with Crippen LogP contribution in [0.5, 0.6) is 0 Å². The Morgan fingerprint density at radius 1 is 1.58 bits per heavy atom. The molecule has 1 aromatic rings. The Morgan fingerprint density at radius 3 is 2.75 bits per heavy atom. The van der Waals surface area contributed by atoms with Crippen molar-refractivity contribution in [3.05, 3.63) is 34.6 Å². The molecule has 0 heterocycles. The SMILES string of the molecule is CCC(O)c1c(F)cccc1Cl. The van der Waals surface area contributed by atoms with Crippen LogP contribution >= 0.6 is 11.6 Å². The van der Waals surface area contributed by atoms with Crippen LogP contribution in [0, 0.1) is 5.82 Å². The zero-order valence-corrected chi connectivity index (χ0v) is 7.48. The van der Waals surface area contributed by atoms with E-state index in [0.29, 0.717) is 6.42 Å². The van der Waals surface area contributed by atoms with Gasteiger partial charge in [0.25, 0.3) is 0 Å². The van der Waals surface area contributed by atoms with Gasteiger partial charge in [-0.15, -0.1) is 0 Å². The van der Waals surface area contributed by atoms with Gasteiger partial charge in [0, 0.05) is 10.6 Å². The van der Waals surface area contributed by atoms with Crippen molar-refractivity contribution in [2.24, 2.45) is 0 Å². The van der Waals surface area contributed by atoms with Gasteiger partial charge in [0.15, 0.2) is 0 Å². The van der Waals surface area contributed by atoms with Crippen molar-refractivity contribution in [2.75, 3.05) is 0 Å². The Labute approximate surface area is 75.8 Å². The van der Waals surface area contributed by atoms with Gasteiger partial charge in [-0.25, -0.2) is 4.39 Å². The predicted molar refractivity (Wildman–Crippen MR) is 46.7 cm³/mol. The van der Waals surface area contributed by atoms with Gasteiger partial charge in [-0.1, -0.05) is 24.6 Å². The van der Waals surface area contributed by atoms with E-state index in [4.69, 9.17) is 11.6 Å². The monoisotopic (exact) mass is 188 g/mol. The number of benzene rings is 1. The van der Waals surface area contributed by atoms with E-state index in [0.717, 1.165) is 0 Å². The fourth-order valence-corrected chi connectivity index (χ4v) is 1.32. The summed E-state index contributed by atoms with van der Waals surface area (Å²) >= 11 is 5.70. The van der Waals surface area contributed by atoms with Gasteiger partial charge in [0.05, 0.1) is 6.10 Å². The third kappa shape index (κ3) is 1.76. The minimum atomic E-state index is -0.807. The zero-order chi connectivity index (χ0) is 9.14. The van der Waals surface area contributed by atoms with Crippen LogP contribution in [0.4, 0.5) is 4.39 Å². The fourth-order valence-electron chi connectivity index (χ4n) is 1.03. The van der Waals surface area contributed by atoms with Crippen LogP contribution in [-0.4, -0.2) is 5.11 Å². The normalized spacial score (nSPS) is 13.0. The summed E-state index contributed by atoms with van der Waals surface area (Å²) in [5.74, 6) is -0.447. The van der Waals surface area contributed by atoms with Crippen molar-refractivity contribution in [3.63, 3.8) is 0 Å². The predicted octanol–water partition coefficient (Wildman–Crippen LogP) is 2.92. The van der Waals surface area contributed by atoms with E-state index >= 15 is 0 Å². The molecule has 1 atom stereocenters. The summed E-state index contributed by atoms with van der Waals surface area (Å²) in [5.41, 5.74) is 0.196. The second-order valence-corrected chi connectivity index (χ2v) is 2.97. The number of aliphatic hydroxyl groups is 1. The maximum atomic E-state index is 13.0. The van der Waals surface area contributed by atoms with Crippen LogP contribution in [0.25, 0.3) is 0 Å². The highest BCUT2D eigenvalue weighted by Crippen LogP contribution is 2.27. The van der Waals surface area contributed by atoms with E-state index < -0.39 is 11.9 Å². The van der Waals surface area contributed by atoms with Crippen LogP contribution in [0.2, 0.25) is 5.02 Å². The lowest BCUT2D eigenvalue weighted by molar-refractivity contribution is 0.169. The number of rotatable bonds is 2. The molecule has 0 spiro atoms. The minimum Gasteiger partial charge on any atom is -0.388 e. The van der Waals surface area contributed by atoms with Crippen molar-refractivity contribution < 1.29 is 9.50 Å². The molecule has 1 aromatic carbocycles. The molecule has 1 rings (SSSR count). The average Bonchev–Trinajstić information content (AvgIpc) is 2.03. The first-order valence-corrected chi connectivity index (χ1v) is 4.16. The van der Waals surface area contributed by atoms with Gasteiger partial charge in [0.2, 0.25) is 0 Å². The maximum absolute atomic E-state index is 13.0. The van der Waals surface area contributed by atoms with E-state index in [-0.39, 0.29) is 10.6 Å². The standard InChI is InChI=1S/C9H10ClFO/c1-2-8(12)9-6(10)4-3-5-7(9)11/h3-5,8,12H,2H2,1H3. The molecule has 0 aliphatic heterocycles. The number of halogens is 2. The topological polar surface area (TPSA) is 20.2 Å². The van der Waals surface area contributed by atoms with Crippen molar-refractivity contribution in [1.29, 1.82) is 0 Å². The van der Waals surface area contributed by atoms with Crippen LogP contribution in [0.1, 0.15) is 25.0 Å². The van der Waals surface area contributed by atoms with Crippen LogP contribution in [0.15, 0.2) is 18.2 Å². The first-order chi connectivity index (χ1) is 5.66. The Balaban J connectivity index is 3.12. The van der Waals surface area contributed by atoms with E-state index in [1.54, 1.807) is 13.0 Å². The van der Waals surface area contributed by atoms with Gasteiger partial charge in [-0.3, -0.25) is 0 Å². The first-order valence-electron chi connectivity index (χ1n) is 3.78. The fraction of sp³-hybridized carbons (Fsp3) is 0.333. The van der Waals surface area contributed by atoms with Gasteiger partial charge in [-0.05, 0) is 18.6 Å². The van der Waals surface area contributed by atoms with Crippen molar-refractivity contribution in [1.82, 2.24) is 0 Å². The van der Waals surface area contributed by atoms with Crippen molar-refractivity contribution in [2.45, 2.75) is 19.4 Å². The maximum Gasteiger partial charge on any atom is 0.130 e. The molecule has 0 saturated carbocycles. The van der Waals surface area contributed by atoms with Gasteiger partial charge >= 0.3 is 0 Å². The molecule has 0 radical (unpaired) electrons. The summed E-state index contributed by atoms with van der Waals surface area (Å²) in [7, 11) is 0. The number of hydrogen-bond acceptors (Lipinski definition) is 1. The molecule has 0 saturated heterocycles. The molecule has 66 valence electrons. The summed E-state index contributed by atoms with van der Waals surface area (Å²) < 4.78 is 13.0. The highest BCUT2D eigenvalue weighted by molar-refractivity contribution is 6.31. The molecule has 12 heavy (non-hydrogen) atoms. The van der Waals surface area contributed by atoms with Crippen LogP contribution in [0.3, 0.4) is 0 Å². The van der Waals surface area contributed by atoms with Crippen molar-refractivity contribution >= 4 is 11.6 Å². The average molecular weight is 189 g/mol. The molecule has 1 nitrogen and oxygen atoms in total. The molecule has 0 fully saturated rings. The molecule has 0 aromatic heterocycles. The summed E-state index contributed by atoms with van der Waals surface area (Å²) in [4.78, 5) is 0. The molecular formula is C9H10ClFO. The Bertz CT molecular complexity index is 255. The molecule has 1 N–H and O–H groups in total. The highest BCUT2D eigenvalue weighted by Gasteiger charge is 2.13. The van der Waals surface area contributed by atoms with E-state index in [9.17, 15) is 9.50 Å². The third-order valence-corrected chi connectivity index (χ3v) is 2.05. The third-order valence-electron chi connectivity index (χ3n) is 1.72. The van der Waals surface area contributed by atoms with E-state index in [1.165, 1.54) is 12.1 Å². The van der Waals surface area contributed by atoms with Crippen LogP contribution < -0.4 is 0 Å². The number of hydrogen-bond donors (Lipinski definition) is 1. The van der Waals surface area contributed by atoms with E-state index in [1.807, 2.05) is 0 Å². The minimum absolute atomic E-state index is 0.196. The second kappa shape index (κ2) is 3.87. The van der Waals surface area contributed by atoms with E-state index in [2.05, 4.69) is 0 Å². The Hall–Kier alpha value is -0.600. The molecule has 1 unspecified atom stereocenters. The lowest BCUT2D eigenvalue weighted by Gasteiger charge is -2.10. The molecule has 0 aliphatic carbocycles. The Morgan fingerprint density at radius 2 is 2.25 bits per heavy atom. The Kier molecular flexibility index (Phi) is 3.06. The zero-order valence-electron chi connectivity index (χ0n) is 6.72. The lowest BCUT2D eigenvalue weighted by atomic mass is 10.1. The smallest absolute Gasteiger partial charge is 0.130 e. The molecule has 3 heteroatoms. The quantitative estimate of drug-likeness (QED) is 0.757. The largest absolute Gasteiger partial charge is 0.388 e. The molecule has 0 amide bonds.